The van der Waals surface area contributed by atoms with Crippen LogP contribution in [0.1, 0.15) is 13.8 Å². The molecule has 2 rings (SSSR count). The van der Waals surface area contributed by atoms with Gasteiger partial charge in [-0.25, -0.2) is 14.8 Å². The van der Waals surface area contributed by atoms with Gasteiger partial charge in [0.05, 0.1) is 18.1 Å². The average Bonchev–Trinajstić information content (AvgIpc) is 2.55. The summed E-state index contributed by atoms with van der Waals surface area (Å²) in [7, 11) is 3.65. The summed E-state index contributed by atoms with van der Waals surface area (Å²) in [6, 6.07) is 8.53. The van der Waals surface area contributed by atoms with Gasteiger partial charge in [-0.3, -0.25) is 4.79 Å². The molecule has 0 fully saturated rings. The molecule has 0 radical (unpaired) electrons. The summed E-state index contributed by atoms with van der Waals surface area (Å²) in [5, 5.41) is 8.01. The predicted octanol–water partition coefficient (Wildman–Crippen LogP) is 2.08. The van der Waals surface area contributed by atoms with Gasteiger partial charge >= 0.3 is 6.03 Å². The number of para-hydroxylation sites is 1. The van der Waals surface area contributed by atoms with E-state index < -0.39 is 11.6 Å². The van der Waals surface area contributed by atoms with Gasteiger partial charge in [0.15, 0.2) is 0 Å². The van der Waals surface area contributed by atoms with E-state index in [1.807, 2.05) is 32.3 Å². The van der Waals surface area contributed by atoms with Crippen LogP contribution in [0.5, 0.6) is 0 Å². The predicted molar refractivity (Wildman–Crippen MR) is 97.7 cm³/mol. The Morgan fingerprint density at radius 3 is 2.12 bits per heavy atom. The van der Waals surface area contributed by atoms with E-state index in [4.69, 9.17) is 0 Å². The summed E-state index contributed by atoms with van der Waals surface area (Å²) in [6.45, 7) is 3.23. The van der Waals surface area contributed by atoms with Gasteiger partial charge in [0, 0.05) is 19.8 Å². The van der Waals surface area contributed by atoms with Crippen molar-refractivity contribution in [1.29, 1.82) is 0 Å². The Morgan fingerprint density at radius 1 is 0.960 bits per heavy atom. The van der Waals surface area contributed by atoms with E-state index in [0.717, 1.165) is 0 Å². The zero-order chi connectivity index (χ0) is 18.4. The molecule has 132 valence electrons. The highest BCUT2D eigenvalue weighted by molar-refractivity contribution is 6.01. The van der Waals surface area contributed by atoms with Crippen LogP contribution in [0.3, 0.4) is 0 Å². The fourth-order valence-electron chi connectivity index (χ4n) is 1.93. The smallest absolute Gasteiger partial charge is 0.320 e. The Hall–Kier alpha value is -3.16. The Balaban J connectivity index is 1.95. The van der Waals surface area contributed by atoms with Crippen molar-refractivity contribution in [3.05, 3.63) is 42.7 Å². The lowest BCUT2D eigenvalue weighted by atomic mass is 10.0. The topological polar surface area (TPSA) is 99.3 Å². The molecule has 3 amide bonds. The molecule has 0 aliphatic rings. The van der Waals surface area contributed by atoms with Crippen molar-refractivity contribution in [3.8, 4) is 0 Å². The SMILES string of the molecule is CN(C)c1ncc(NC(=O)C(C)(C)NC(=O)Nc2ccccc2)cn1. The number of carbonyl (C=O) groups excluding carboxylic acids is 2. The lowest BCUT2D eigenvalue weighted by Crippen LogP contribution is -2.53. The third-order valence-corrected chi connectivity index (χ3v) is 3.32. The second-order valence-electron chi connectivity index (χ2n) is 6.19. The highest BCUT2D eigenvalue weighted by Crippen LogP contribution is 2.12. The minimum Gasteiger partial charge on any atom is -0.347 e. The van der Waals surface area contributed by atoms with Crippen molar-refractivity contribution in [2.75, 3.05) is 29.6 Å². The van der Waals surface area contributed by atoms with Crippen molar-refractivity contribution < 1.29 is 9.59 Å². The first-order valence-electron chi connectivity index (χ1n) is 7.73. The molecular formula is C17H22N6O2. The maximum atomic E-state index is 12.4. The van der Waals surface area contributed by atoms with Crippen LogP contribution in [-0.4, -0.2) is 41.5 Å². The molecule has 8 heteroatoms. The van der Waals surface area contributed by atoms with Crippen molar-refractivity contribution in [1.82, 2.24) is 15.3 Å². The first-order chi connectivity index (χ1) is 11.8. The summed E-state index contributed by atoms with van der Waals surface area (Å²) in [5.41, 5.74) is -0.0307. The van der Waals surface area contributed by atoms with Gasteiger partial charge in [-0.2, -0.15) is 0 Å². The summed E-state index contributed by atoms with van der Waals surface area (Å²) >= 11 is 0. The Morgan fingerprint density at radius 2 is 1.56 bits per heavy atom. The van der Waals surface area contributed by atoms with Crippen molar-refractivity contribution in [3.63, 3.8) is 0 Å². The molecule has 2 aromatic rings. The van der Waals surface area contributed by atoms with Crippen LogP contribution < -0.4 is 20.9 Å². The molecule has 0 spiro atoms. The third kappa shape index (κ3) is 5.17. The number of anilines is 3. The van der Waals surface area contributed by atoms with Gasteiger partial charge in [0.25, 0.3) is 0 Å². The standard InChI is InChI=1S/C17H22N6O2/c1-17(2,22-16(25)21-12-8-6-5-7-9-12)14(24)20-13-10-18-15(19-11-13)23(3)4/h5-11H,1-4H3,(H,20,24)(H2,21,22,25). The molecule has 0 bridgehead atoms. The zero-order valence-corrected chi connectivity index (χ0v) is 14.7. The molecule has 1 aromatic heterocycles. The Bertz CT molecular complexity index is 729. The lowest BCUT2D eigenvalue weighted by Gasteiger charge is -2.25. The van der Waals surface area contributed by atoms with Gasteiger partial charge in [0.1, 0.15) is 5.54 Å². The van der Waals surface area contributed by atoms with Gasteiger partial charge in [-0.15, -0.1) is 0 Å². The fourth-order valence-corrected chi connectivity index (χ4v) is 1.93. The molecule has 0 aliphatic carbocycles. The average molecular weight is 342 g/mol. The number of nitrogens with zero attached hydrogens (tertiary/aromatic N) is 3. The lowest BCUT2D eigenvalue weighted by molar-refractivity contribution is -0.120. The van der Waals surface area contributed by atoms with Gasteiger partial charge in [-0.1, -0.05) is 18.2 Å². The maximum absolute atomic E-state index is 12.4. The number of aromatic nitrogens is 2. The number of benzene rings is 1. The first kappa shape index (κ1) is 18.2. The Kier molecular flexibility index (Phi) is 5.53. The number of amides is 3. The molecule has 1 aromatic carbocycles. The molecule has 0 unspecified atom stereocenters. The van der Waals surface area contributed by atoms with E-state index in [1.54, 1.807) is 30.9 Å². The zero-order valence-electron chi connectivity index (χ0n) is 14.7. The number of hydrogen-bond acceptors (Lipinski definition) is 5. The molecule has 25 heavy (non-hydrogen) atoms. The van der Waals surface area contributed by atoms with E-state index in [-0.39, 0.29) is 5.91 Å². The monoisotopic (exact) mass is 342 g/mol. The summed E-state index contributed by atoms with van der Waals surface area (Å²) in [4.78, 5) is 34.5. The second-order valence-corrected chi connectivity index (χ2v) is 6.19. The maximum Gasteiger partial charge on any atom is 0.320 e. The minimum atomic E-state index is -1.13. The molecule has 8 nitrogen and oxygen atoms in total. The second kappa shape index (κ2) is 7.61. The highest BCUT2D eigenvalue weighted by atomic mass is 16.2. The fraction of sp³-hybridized carbons (Fsp3) is 0.294. The largest absolute Gasteiger partial charge is 0.347 e. The first-order valence-corrected chi connectivity index (χ1v) is 7.73. The van der Waals surface area contributed by atoms with Gasteiger partial charge < -0.3 is 20.9 Å². The molecule has 0 saturated carbocycles. The minimum absolute atomic E-state index is 0.378. The van der Waals surface area contributed by atoms with E-state index in [0.29, 0.717) is 17.3 Å². The van der Waals surface area contributed by atoms with Crippen molar-refractivity contribution >= 4 is 29.3 Å². The van der Waals surface area contributed by atoms with Crippen molar-refractivity contribution in [2.24, 2.45) is 0 Å². The normalized spacial score (nSPS) is 10.7. The number of rotatable bonds is 5. The summed E-state index contributed by atoms with van der Waals surface area (Å²) in [6.07, 6.45) is 3.03. The van der Waals surface area contributed by atoms with E-state index in [2.05, 4.69) is 25.9 Å². The van der Waals surface area contributed by atoms with Crippen molar-refractivity contribution in [2.45, 2.75) is 19.4 Å². The number of carbonyl (C=O) groups is 2. The van der Waals surface area contributed by atoms with Crippen LogP contribution in [0, 0.1) is 0 Å². The molecule has 0 aliphatic heterocycles. The van der Waals surface area contributed by atoms with Crippen LogP contribution in [0.2, 0.25) is 0 Å². The van der Waals surface area contributed by atoms with E-state index in [1.165, 1.54) is 12.4 Å². The quantitative estimate of drug-likeness (QED) is 0.772. The molecule has 1 heterocycles. The van der Waals surface area contributed by atoms with Gasteiger partial charge in [0.2, 0.25) is 11.9 Å². The molecule has 3 N–H and O–H groups in total. The molecular weight excluding hydrogens is 320 g/mol. The van der Waals surface area contributed by atoms with Crippen LogP contribution in [0.4, 0.5) is 22.1 Å². The van der Waals surface area contributed by atoms with Crippen LogP contribution >= 0.6 is 0 Å². The molecule has 0 saturated heterocycles. The van der Waals surface area contributed by atoms with E-state index >= 15 is 0 Å². The number of nitrogens with one attached hydrogen (secondary N) is 3. The van der Waals surface area contributed by atoms with Gasteiger partial charge in [-0.05, 0) is 26.0 Å². The number of urea groups is 1. The summed E-state index contributed by atoms with van der Waals surface area (Å²) < 4.78 is 0. The number of hydrogen-bond donors (Lipinski definition) is 3. The third-order valence-electron chi connectivity index (χ3n) is 3.32. The van der Waals surface area contributed by atoms with Crippen LogP contribution in [0.25, 0.3) is 0 Å². The highest BCUT2D eigenvalue weighted by Gasteiger charge is 2.29. The van der Waals surface area contributed by atoms with E-state index in [9.17, 15) is 9.59 Å². The van der Waals surface area contributed by atoms with Crippen LogP contribution in [0.15, 0.2) is 42.7 Å². The summed E-state index contributed by atoms with van der Waals surface area (Å²) in [5.74, 6) is 0.162. The van der Waals surface area contributed by atoms with Crippen LogP contribution in [-0.2, 0) is 4.79 Å². The molecule has 0 atom stereocenters. The Labute approximate surface area is 146 Å².